The summed E-state index contributed by atoms with van der Waals surface area (Å²) in [6.07, 6.45) is 5.82. The SMILES string of the molecule is c1cncc(Oc2ccccc2CN2CCCC2c2ccc3c(c2)OCCO3)c1. The zero-order valence-corrected chi connectivity index (χ0v) is 16.3. The molecule has 1 unspecified atom stereocenters. The molecule has 1 saturated heterocycles. The maximum Gasteiger partial charge on any atom is 0.161 e. The Hall–Kier alpha value is -3.05. The summed E-state index contributed by atoms with van der Waals surface area (Å²) in [7, 11) is 0. The average Bonchev–Trinajstić information content (AvgIpc) is 3.24. The van der Waals surface area contributed by atoms with Crippen molar-refractivity contribution in [3.8, 4) is 23.0 Å². The number of fused-ring (bicyclic) bond motifs is 1. The second-order valence-corrected chi connectivity index (χ2v) is 7.43. The first kappa shape index (κ1) is 18.0. The lowest BCUT2D eigenvalue weighted by molar-refractivity contribution is 0.170. The van der Waals surface area contributed by atoms with Crippen LogP contribution in [0.15, 0.2) is 67.0 Å². The summed E-state index contributed by atoms with van der Waals surface area (Å²) in [6, 6.07) is 18.8. The molecule has 1 fully saturated rings. The van der Waals surface area contributed by atoms with Crippen molar-refractivity contribution < 1.29 is 14.2 Å². The minimum absolute atomic E-state index is 0.372. The maximum absolute atomic E-state index is 6.11. The fourth-order valence-corrected chi connectivity index (χ4v) is 4.15. The summed E-state index contributed by atoms with van der Waals surface area (Å²) in [4.78, 5) is 6.67. The van der Waals surface area contributed by atoms with Crippen molar-refractivity contribution in [3.05, 3.63) is 78.1 Å². The van der Waals surface area contributed by atoms with Crippen LogP contribution >= 0.6 is 0 Å². The average molecular weight is 388 g/mol. The number of likely N-dealkylation sites (tertiary alicyclic amines) is 1. The quantitative estimate of drug-likeness (QED) is 0.617. The molecular formula is C24H24N2O3. The predicted octanol–water partition coefficient (Wildman–Crippen LogP) is 4.98. The largest absolute Gasteiger partial charge is 0.486 e. The Morgan fingerprint density at radius 1 is 1.00 bits per heavy atom. The predicted molar refractivity (Wildman–Crippen MR) is 111 cm³/mol. The molecule has 5 nitrogen and oxygen atoms in total. The number of benzene rings is 2. The van der Waals surface area contributed by atoms with Crippen molar-refractivity contribution in [1.82, 2.24) is 9.88 Å². The second kappa shape index (κ2) is 8.13. The molecule has 5 rings (SSSR count). The lowest BCUT2D eigenvalue weighted by atomic mass is 10.0. The Balaban J connectivity index is 1.36. The van der Waals surface area contributed by atoms with E-state index in [1.807, 2.05) is 30.3 Å². The monoisotopic (exact) mass is 388 g/mol. The molecule has 0 radical (unpaired) electrons. The molecule has 3 aromatic rings. The van der Waals surface area contributed by atoms with Gasteiger partial charge < -0.3 is 14.2 Å². The van der Waals surface area contributed by atoms with Gasteiger partial charge in [-0.3, -0.25) is 9.88 Å². The molecule has 5 heteroatoms. The maximum atomic E-state index is 6.11. The van der Waals surface area contributed by atoms with Crippen LogP contribution in [0.3, 0.4) is 0 Å². The van der Waals surface area contributed by atoms with E-state index in [0.29, 0.717) is 19.3 Å². The van der Waals surface area contributed by atoms with E-state index in [0.717, 1.165) is 42.5 Å². The fourth-order valence-electron chi connectivity index (χ4n) is 4.15. The van der Waals surface area contributed by atoms with E-state index in [1.165, 1.54) is 17.5 Å². The van der Waals surface area contributed by atoms with Crippen molar-refractivity contribution in [2.45, 2.75) is 25.4 Å². The van der Waals surface area contributed by atoms with Crippen molar-refractivity contribution in [2.75, 3.05) is 19.8 Å². The van der Waals surface area contributed by atoms with Crippen LogP contribution in [-0.2, 0) is 6.54 Å². The lowest BCUT2D eigenvalue weighted by Gasteiger charge is -2.27. The van der Waals surface area contributed by atoms with Gasteiger partial charge >= 0.3 is 0 Å². The molecule has 1 aromatic heterocycles. The third-order valence-electron chi connectivity index (χ3n) is 5.52. The highest BCUT2D eigenvalue weighted by atomic mass is 16.6. The second-order valence-electron chi connectivity index (χ2n) is 7.43. The number of nitrogens with zero attached hydrogens (tertiary/aromatic N) is 2. The van der Waals surface area contributed by atoms with Gasteiger partial charge in [0.15, 0.2) is 11.5 Å². The summed E-state index contributed by atoms with van der Waals surface area (Å²) < 4.78 is 17.6. The zero-order chi connectivity index (χ0) is 19.5. The van der Waals surface area contributed by atoms with E-state index < -0.39 is 0 Å². The van der Waals surface area contributed by atoms with Gasteiger partial charge in [0.05, 0.1) is 6.20 Å². The van der Waals surface area contributed by atoms with E-state index in [9.17, 15) is 0 Å². The zero-order valence-electron chi connectivity index (χ0n) is 16.3. The number of para-hydroxylation sites is 1. The van der Waals surface area contributed by atoms with Crippen LogP contribution in [0, 0.1) is 0 Å². The number of ether oxygens (including phenoxy) is 3. The first-order valence-electron chi connectivity index (χ1n) is 10.2. The summed E-state index contributed by atoms with van der Waals surface area (Å²) in [5.74, 6) is 3.35. The Bertz CT molecular complexity index is 977. The molecule has 29 heavy (non-hydrogen) atoms. The van der Waals surface area contributed by atoms with Crippen LogP contribution in [-0.4, -0.2) is 29.6 Å². The highest BCUT2D eigenvalue weighted by molar-refractivity contribution is 5.45. The Kier molecular flexibility index (Phi) is 5.05. The van der Waals surface area contributed by atoms with Crippen LogP contribution in [0.25, 0.3) is 0 Å². The number of rotatable bonds is 5. The van der Waals surface area contributed by atoms with Gasteiger partial charge in [-0.05, 0) is 55.3 Å². The molecule has 2 aromatic carbocycles. The molecule has 2 aliphatic heterocycles. The van der Waals surface area contributed by atoms with Crippen LogP contribution in [0.5, 0.6) is 23.0 Å². The van der Waals surface area contributed by atoms with Crippen LogP contribution < -0.4 is 14.2 Å². The van der Waals surface area contributed by atoms with E-state index in [-0.39, 0.29) is 0 Å². The van der Waals surface area contributed by atoms with Crippen molar-refractivity contribution in [2.24, 2.45) is 0 Å². The molecule has 1 atom stereocenters. The van der Waals surface area contributed by atoms with Gasteiger partial charge in [-0.25, -0.2) is 0 Å². The van der Waals surface area contributed by atoms with E-state index >= 15 is 0 Å². The van der Waals surface area contributed by atoms with Crippen LogP contribution in [0.4, 0.5) is 0 Å². The number of hydrogen-bond donors (Lipinski definition) is 0. The van der Waals surface area contributed by atoms with Gasteiger partial charge in [0.1, 0.15) is 24.7 Å². The molecule has 148 valence electrons. The van der Waals surface area contributed by atoms with Crippen molar-refractivity contribution in [3.63, 3.8) is 0 Å². The first-order chi connectivity index (χ1) is 14.4. The molecule has 0 N–H and O–H groups in total. The van der Waals surface area contributed by atoms with Crippen molar-refractivity contribution in [1.29, 1.82) is 0 Å². The van der Waals surface area contributed by atoms with Gasteiger partial charge in [-0.15, -0.1) is 0 Å². The normalized spacial score (nSPS) is 18.6. The molecule has 0 amide bonds. The highest BCUT2D eigenvalue weighted by Crippen LogP contribution is 2.39. The Morgan fingerprint density at radius 2 is 1.90 bits per heavy atom. The molecule has 0 bridgehead atoms. The fraction of sp³-hybridized carbons (Fsp3) is 0.292. The molecule has 0 spiro atoms. The standard InChI is InChI=1S/C24H24N2O3/c1-2-8-22(29-20-6-3-11-25-16-20)19(5-1)17-26-12-4-7-21(26)18-9-10-23-24(15-18)28-14-13-27-23/h1-3,5-6,8-11,15-16,21H,4,7,12-14,17H2. The first-order valence-corrected chi connectivity index (χ1v) is 10.2. The van der Waals surface area contributed by atoms with Crippen molar-refractivity contribution >= 4 is 0 Å². The summed E-state index contributed by atoms with van der Waals surface area (Å²) in [5.41, 5.74) is 2.47. The highest BCUT2D eigenvalue weighted by Gasteiger charge is 2.28. The van der Waals surface area contributed by atoms with Gasteiger partial charge in [-0.1, -0.05) is 24.3 Å². The molecule has 0 aliphatic carbocycles. The summed E-state index contributed by atoms with van der Waals surface area (Å²) in [5, 5.41) is 0. The topological polar surface area (TPSA) is 43.8 Å². The number of hydrogen-bond acceptors (Lipinski definition) is 5. The van der Waals surface area contributed by atoms with Crippen LogP contribution in [0.2, 0.25) is 0 Å². The van der Waals surface area contributed by atoms with Gasteiger partial charge in [0.25, 0.3) is 0 Å². The number of aromatic nitrogens is 1. The van der Waals surface area contributed by atoms with Crippen LogP contribution in [0.1, 0.15) is 30.0 Å². The van der Waals surface area contributed by atoms with E-state index in [1.54, 1.807) is 12.4 Å². The number of pyridine rings is 1. The summed E-state index contributed by atoms with van der Waals surface area (Å²) in [6.45, 7) is 3.15. The molecule has 2 aliphatic rings. The van der Waals surface area contributed by atoms with Gasteiger partial charge in [0, 0.05) is 24.3 Å². The van der Waals surface area contributed by atoms with E-state index in [4.69, 9.17) is 14.2 Å². The minimum Gasteiger partial charge on any atom is -0.486 e. The molecular weight excluding hydrogens is 364 g/mol. The molecule has 0 saturated carbocycles. The smallest absolute Gasteiger partial charge is 0.161 e. The lowest BCUT2D eigenvalue weighted by Crippen LogP contribution is -2.23. The summed E-state index contributed by atoms with van der Waals surface area (Å²) >= 11 is 0. The van der Waals surface area contributed by atoms with Gasteiger partial charge in [0.2, 0.25) is 0 Å². The molecule has 3 heterocycles. The third-order valence-corrected chi connectivity index (χ3v) is 5.52. The van der Waals surface area contributed by atoms with Gasteiger partial charge in [-0.2, -0.15) is 0 Å². The Labute approximate surface area is 170 Å². The minimum atomic E-state index is 0.372. The van der Waals surface area contributed by atoms with E-state index in [2.05, 4.69) is 34.1 Å². The third kappa shape index (κ3) is 3.91. The Morgan fingerprint density at radius 3 is 2.79 bits per heavy atom.